The molecule has 0 aliphatic carbocycles. The van der Waals surface area contributed by atoms with Crippen molar-refractivity contribution in [1.82, 2.24) is 0 Å². The monoisotopic (exact) mass is 348 g/mol. The Bertz CT molecular complexity index is 830. The minimum absolute atomic E-state index is 0.151. The van der Waals surface area contributed by atoms with Crippen LogP contribution in [0.2, 0.25) is 0 Å². The SMILES string of the molecule is CCC(=O)Nc1ccc(OC)c(NS(=O)(=O)c2ccc(C)cc2)c1. The lowest BCUT2D eigenvalue weighted by molar-refractivity contribution is -0.115. The molecule has 0 aromatic heterocycles. The minimum Gasteiger partial charge on any atom is -0.495 e. The molecule has 0 fully saturated rings. The summed E-state index contributed by atoms with van der Waals surface area (Å²) in [6.07, 6.45) is 0.330. The van der Waals surface area contributed by atoms with E-state index in [0.717, 1.165) is 5.56 Å². The third-order valence-corrected chi connectivity index (χ3v) is 4.76. The molecular formula is C17H20N2O4S. The van der Waals surface area contributed by atoms with Gasteiger partial charge in [-0.05, 0) is 37.3 Å². The Kier molecular flexibility index (Phi) is 5.46. The van der Waals surface area contributed by atoms with Gasteiger partial charge in [-0.15, -0.1) is 0 Å². The number of carbonyl (C=O) groups is 1. The molecule has 0 saturated heterocycles. The predicted molar refractivity (Wildman–Crippen MR) is 93.9 cm³/mol. The van der Waals surface area contributed by atoms with Gasteiger partial charge in [0.25, 0.3) is 10.0 Å². The van der Waals surface area contributed by atoms with Gasteiger partial charge in [-0.2, -0.15) is 0 Å². The number of rotatable bonds is 6. The molecule has 0 unspecified atom stereocenters. The van der Waals surface area contributed by atoms with E-state index in [-0.39, 0.29) is 16.5 Å². The summed E-state index contributed by atoms with van der Waals surface area (Å²) in [6, 6.07) is 11.3. The normalized spacial score (nSPS) is 11.0. The van der Waals surface area contributed by atoms with Crippen molar-refractivity contribution in [3.63, 3.8) is 0 Å². The Morgan fingerprint density at radius 1 is 1.12 bits per heavy atom. The van der Waals surface area contributed by atoms with Crippen LogP contribution >= 0.6 is 0 Å². The zero-order valence-corrected chi connectivity index (χ0v) is 14.6. The number of hydrogen-bond acceptors (Lipinski definition) is 4. The van der Waals surface area contributed by atoms with E-state index in [1.807, 2.05) is 6.92 Å². The van der Waals surface area contributed by atoms with Crippen molar-refractivity contribution in [3.05, 3.63) is 48.0 Å². The highest BCUT2D eigenvalue weighted by Crippen LogP contribution is 2.30. The topological polar surface area (TPSA) is 84.5 Å². The molecule has 0 aliphatic heterocycles. The van der Waals surface area contributed by atoms with E-state index in [4.69, 9.17) is 4.74 Å². The molecule has 0 aliphatic rings. The number of nitrogens with one attached hydrogen (secondary N) is 2. The number of ether oxygens (including phenoxy) is 1. The average molecular weight is 348 g/mol. The average Bonchev–Trinajstić information content (AvgIpc) is 2.55. The maximum Gasteiger partial charge on any atom is 0.262 e. The maximum atomic E-state index is 12.5. The van der Waals surface area contributed by atoms with Gasteiger partial charge in [-0.1, -0.05) is 24.6 Å². The van der Waals surface area contributed by atoms with Crippen molar-refractivity contribution in [2.75, 3.05) is 17.1 Å². The molecule has 0 spiro atoms. The fourth-order valence-corrected chi connectivity index (χ4v) is 3.10. The maximum absolute atomic E-state index is 12.5. The van der Waals surface area contributed by atoms with Crippen LogP contribution in [-0.4, -0.2) is 21.4 Å². The van der Waals surface area contributed by atoms with Gasteiger partial charge in [0, 0.05) is 12.1 Å². The van der Waals surface area contributed by atoms with E-state index < -0.39 is 10.0 Å². The van der Waals surface area contributed by atoms with E-state index in [2.05, 4.69) is 10.0 Å². The summed E-state index contributed by atoms with van der Waals surface area (Å²) in [5.41, 5.74) is 1.71. The fourth-order valence-electron chi connectivity index (χ4n) is 2.04. The molecule has 1 amide bonds. The number of benzene rings is 2. The van der Waals surface area contributed by atoms with Crippen LogP contribution in [0.1, 0.15) is 18.9 Å². The Morgan fingerprint density at radius 3 is 2.38 bits per heavy atom. The molecule has 7 heteroatoms. The van der Waals surface area contributed by atoms with Crippen molar-refractivity contribution < 1.29 is 17.9 Å². The summed E-state index contributed by atoms with van der Waals surface area (Å²) in [7, 11) is -2.31. The molecule has 0 atom stereocenters. The number of carbonyl (C=O) groups excluding carboxylic acids is 1. The highest BCUT2D eigenvalue weighted by atomic mass is 32.2. The van der Waals surface area contributed by atoms with E-state index >= 15 is 0 Å². The van der Waals surface area contributed by atoms with Crippen molar-refractivity contribution in [2.45, 2.75) is 25.2 Å². The van der Waals surface area contributed by atoms with E-state index in [0.29, 0.717) is 17.9 Å². The largest absolute Gasteiger partial charge is 0.495 e. The first-order valence-corrected chi connectivity index (χ1v) is 8.91. The molecule has 128 valence electrons. The highest BCUT2D eigenvalue weighted by molar-refractivity contribution is 7.92. The van der Waals surface area contributed by atoms with Crippen LogP contribution in [0.3, 0.4) is 0 Å². The lowest BCUT2D eigenvalue weighted by atomic mass is 10.2. The highest BCUT2D eigenvalue weighted by Gasteiger charge is 2.17. The smallest absolute Gasteiger partial charge is 0.262 e. The fraction of sp³-hybridized carbons (Fsp3) is 0.235. The number of amides is 1. The third kappa shape index (κ3) is 4.26. The lowest BCUT2D eigenvalue weighted by Gasteiger charge is -2.14. The van der Waals surface area contributed by atoms with Gasteiger partial charge in [0.1, 0.15) is 5.75 Å². The van der Waals surface area contributed by atoms with Crippen molar-refractivity contribution >= 4 is 27.3 Å². The van der Waals surface area contributed by atoms with Crippen LogP contribution in [0.15, 0.2) is 47.4 Å². The second-order valence-electron chi connectivity index (χ2n) is 5.24. The van der Waals surface area contributed by atoms with Crippen LogP contribution in [-0.2, 0) is 14.8 Å². The summed E-state index contributed by atoms with van der Waals surface area (Å²) in [5, 5.41) is 2.69. The van der Waals surface area contributed by atoms with Crippen LogP contribution in [0, 0.1) is 6.92 Å². The summed E-state index contributed by atoms with van der Waals surface area (Å²) in [4.78, 5) is 11.7. The molecule has 2 N–H and O–H groups in total. The zero-order valence-electron chi connectivity index (χ0n) is 13.8. The molecule has 2 aromatic rings. The van der Waals surface area contributed by atoms with Crippen molar-refractivity contribution in [1.29, 1.82) is 0 Å². The third-order valence-electron chi connectivity index (χ3n) is 3.38. The summed E-state index contributed by atoms with van der Waals surface area (Å²) in [5.74, 6) is 0.202. The molecule has 0 heterocycles. The van der Waals surface area contributed by atoms with Crippen LogP contribution in [0.5, 0.6) is 5.75 Å². The molecule has 0 bridgehead atoms. The van der Waals surface area contributed by atoms with Crippen LogP contribution < -0.4 is 14.8 Å². The Morgan fingerprint density at radius 2 is 1.79 bits per heavy atom. The van der Waals surface area contributed by atoms with Gasteiger partial charge in [0.15, 0.2) is 0 Å². The minimum atomic E-state index is -3.76. The van der Waals surface area contributed by atoms with E-state index in [1.54, 1.807) is 31.2 Å². The molecular weight excluding hydrogens is 328 g/mol. The first-order chi connectivity index (χ1) is 11.4. The summed E-state index contributed by atoms with van der Waals surface area (Å²) >= 11 is 0. The van der Waals surface area contributed by atoms with Crippen LogP contribution in [0.4, 0.5) is 11.4 Å². The summed E-state index contributed by atoms with van der Waals surface area (Å²) < 4.78 is 32.7. The van der Waals surface area contributed by atoms with E-state index in [9.17, 15) is 13.2 Å². The first-order valence-electron chi connectivity index (χ1n) is 7.43. The van der Waals surface area contributed by atoms with Gasteiger partial charge in [0.2, 0.25) is 5.91 Å². The van der Waals surface area contributed by atoms with Gasteiger partial charge in [-0.3, -0.25) is 9.52 Å². The molecule has 24 heavy (non-hydrogen) atoms. The number of aryl methyl sites for hydroxylation is 1. The molecule has 6 nitrogen and oxygen atoms in total. The molecule has 0 radical (unpaired) electrons. The van der Waals surface area contributed by atoms with Crippen LogP contribution in [0.25, 0.3) is 0 Å². The van der Waals surface area contributed by atoms with E-state index in [1.165, 1.54) is 25.3 Å². The number of anilines is 2. The first kappa shape index (κ1) is 17.8. The number of hydrogen-bond donors (Lipinski definition) is 2. The number of methoxy groups -OCH3 is 1. The van der Waals surface area contributed by atoms with Crippen molar-refractivity contribution in [3.8, 4) is 5.75 Å². The Labute approximate surface area is 141 Å². The molecule has 2 aromatic carbocycles. The summed E-state index contributed by atoms with van der Waals surface area (Å²) in [6.45, 7) is 3.62. The Hall–Kier alpha value is -2.54. The second-order valence-corrected chi connectivity index (χ2v) is 6.92. The standard InChI is InChI=1S/C17H20N2O4S/c1-4-17(20)18-13-7-10-16(23-3)15(11-13)19-24(21,22)14-8-5-12(2)6-9-14/h5-11,19H,4H2,1-3H3,(H,18,20). The molecule has 2 rings (SSSR count). The van der Waals surface area contributed by atoms with Gasteiger partial charge < -0.3 is 10.1 Å². The number of sulfonamides is 1. The van der Waals surface area contributed by atoms with Crippen molar-refractivity contribution in [2.24, 2.45) is 0 Å². The quantitative estimate of drug-likeness (QED) is 0.840. The second kappa shape index (κ2) is 7.35. The van der Waals surface area contributed by atoms with Gasteiger partial charge >= 0.3 is 0 Å². The van der Waals surface area contributed by atoms with Gasteiger partial charge in [-0.25, -0.2) is 8.42 Å². The molecule has 0 saturated carbocycles. The predicted octanol–water partition coefficient (Wildman–Crippen LogP) is 3.15. The Balaban J connectivity index is 2.34. The lowest BCUT2D eigenvalue weighted by Crippen LogP contribution is -2.14. The van der Waals surface area contributed by atoms with Gasteiger partial charge in [0.05, 0.1) is 17.7 Å². The zero-order chi connectivity index (χ0) is 17.7.